The van der Waals surface area contributed by atoms with Crippen LogP contribution in [0, 0.1) is 0 Å². The molecule has 5 nitrogen and oxygen atoms in total. The van der Waals surface area contributed by atoms with Gasteiger partial charge in [0.1, 0.15) is 0 Å². The number of aromatic nitrogens is 3. The van der Waals surface area contributed by atoms with Crippen LogP contribution < -0.4 is 0 Å². The molecule has 0 saturated carbocycles. The minimum absolute atomic E-state index is 0.153. The Morgan fingerprint density at radius 3 is 2.20 bits per heavy atom. The van der Waals surface area contributed by atoms with E-state index in [9.17, 15) is 4.79 Å². The van der Waals surface area contributed by atoms with Crippen molar-refractivity contribution >= 4 is 5.91 Å². The molecule has 2 aromatic carbocycles. The zero-order valence-corrected chi connectivity index (χ0v) is 13.9. The highest BCUT2D eigenvalue weighted by Crippen LogP contribution is 2.30. The third-order valence-electron chi connectivity index (χ3n) is 4.80. The highest BCUT2D eigenvalue weighted by Gasteiger charge is 2.33. The summed E-state index contributed by atoms with van der Waals surface area (Å²) in [6.07, 6.45) is 4.46. The lowest BCUT2D eigenvalue weighted by Crippen LogP contribution is -2.34. The second-order valence-electron chi connectivity index (χ2n) is 6.36. The Hall–Kier alpha value is -2.95. The molecule has 0 N–H and O–H groups in total. The van der Waals surface area contributed by atoms with Gasteiger partial charge in [-0.2, -0.15) is 0 Å². The molecule has 0 aliphatic carbocycles. The molecule has 5 heteroatoms. The highest BCUT2D eigenvalue weighted by molar-refractivity contribution is 5.87. The molecule has 1 aliphatic heterocycles. The first-order chi connectivity index (χ1) is 12.3. The summed E-state index contributed by atoms with van der Waals surface area (Å²) in [5, 5.41) is 7.96. The molecule has 3 aromatic rings. The number of nitrogens with zero attached hydrogens (tertiary/aromatic N) is 4. The zero-order chi connectivity index (χ0) is 17.1. The van der Waals surface area contributed by atoms with Crippen LogP contribution in [-0.4, -0.2) is 38.9 Å². The van der Waals surface area contributed by atoms with Gasteiger partial charge >= 0.3 is 0 Å². The van der Waals surface area contributed by atoms with Gasteiger partial charge in [-0.1, -0.05) is 65.9 Å². The summed E-state index contributed by atoms with van der Waals surface area (Å²) in [7, 11) is 0. The minimum Gasteiger partial charge on any atom is -0.340 e. The van der Waals surface area contributed by atoms with E-state index in [1.54, 1.807) is 6.20 Å². The van der Waals surface area contributed by atoms with E-state index < -0.39 is 0 Å². The Bertz CT molecular complexity index is 778. The average Bonchev–Trinajstić information content (AvgIpc) is 3.35. The van der Waals surface area contributed by atoms with Gasteiger partial charge in [0.05, 0.1) is 18.2 Å². The first-order valence-corrected chi connectivity index (χ1v) is 8.57. The van der Waals surface area contributed by atoms with Gasteiger partial charge in [0.2, 0.25) is 5.91 Å². The molecule has 0 radical (unpaired) electrons. The Labute approximate surface area is 146 Å². The molecule has 1 aliphatic rings. The van der Waals surface area contributed by atoms with E-state index in [1.165, 1.54) is 0 Å². The number of rotatable bonds is 4. The number of carbonyl (C=O) groups excluding carboxylic acids is 1. The molecular formula is C20H20N4O. The fourth-order valence-electron chi connectivity index (χ4n) is 3.52. The van der Waals surface area contributed by atoms with Crippen LogP contribution in [0.1, 0.15) is 29.5 Å². The molecule has 126 valence electrons. The van der Waals surface area contributed by atoms with E-state index in [0.29, 0.717) is 6.54 Å². The molecule has 4 rings (SSSR count). The number of amides is 1. The van der Waals surface area contributed by atoms with Crippen molar-refractivity contribution in [1.29, 1.82) is 0 Å². The third-order valence-corrected chi connectivity index (χ3v) is 4.80. The maximum absolute atomic E-state index is 13.3. The molecule has 1 atom stereocenters. The Morgan fingerprint density at radius 2 is 1.64 bits per heavy atom. The van der Waals surface area contributed by atoms with Crippen LogP contribution in [0.15, 0.2) is 73.1 Å². The van der Waals surface area contributed by atoms with E-state index in [-0.39, 0.29) is 17.9 Å². The Kier molecular flexibility index (Phi) is 4.29. The summed E-state index contributed by atoms with van der Waals surface area (Å²) in [6, 6.07) is 20.2. The van der Waals surface area contributed by atoms with Crippen molar-refractivity contribution in [2.24, 2.45) is 0 Å². The van der Waals surface area contributed by atoms with Gasteiger partial charge in [-0.25, -0.2) is 4.68 Å². The van der Waals surface area contributed by atoms with Crippen molar-refractivity contribution in [3.05, 3.63) is 84.2 Å². The predicted molar refractivity (Wildman–Crippen MR) is 95.0 cm³/mol. The highest BCUT2D eigenvalue weighted by atomic mass is 16.2. The van der Waals surface area contributed by atoms with Crippen molar-refractivity contribution in [3.8, 4) is 0 Å². The first-order valence-electron chi connectivity index (χ1n) is 8.57. The predicted octanol–water partition coefficient (Wildman–Crippen LogP) is 2.88. The summed E-state index contributed by atoms with van der Waals surface area (Å²) in [6.45, 7) is 1.43. The summed E-state index contributed by atoms with van der Waals surface area (Å²) >= 11 is 0. The molecule has 0 spiro atoms. The second kappa shape index (κ2) is 6.89. The van der Waals surface area contributed by atoms with Crippen LogP contribution in [0.5, 0.6) is 0 Å². The molecule has 2 heterocycles. The fourth-order valence-corrected chi connectivity index (χ4v) is 3.52. The van der Waals surface area contributed by atoms with Crippen LogP contribution in [-0.2, 0) is 4.79 Å². The van der Waals surface area contributed by atoms with Gasteiger partial charge in [0.15, 0.2) is 0 Å². The molecule has 25 heavy (non-hydrogen) atoms. The Balaban J connectivity index is 1.61. The third kappa shape index (κ3) is 3.18. The summed E-state index contributed by atoms with van der Waals surface area (Å²) < 4.78 is 1.85. The summed E-state index contributed by atoms with van der Waals surface area (Å²) in [4.78, 5) is 15.3. The zero-order valence-electron chi connectivity index (χ0n) is 13.9. The van der Waals surface area contributed by atoms with Crippen molar-refractivity contribution in [2.75, 3.05) is 13.1 Å². The van der Waals surface area contributed by atoms with E-state index in [1.807, 2.05) is 76.4 Å². The lowest BCUT2D eigenvalue weighted by Gasteiger charge is -2.24. The first kappa shape index (κ1) is 15.6. The van der Waals surface area contributed by atoms with Crippen molar-refractivity contribution in [3.63, 3.8) is 0 Å². The molecule has 0 bridgehead atoms. The largest absolute Gasteiger partial charge is 0.340 e. The van der Waals surface area contributed by atoms with Crippen molar-refractivity contribution < 1.29 is 4.79 Å². The monoisotopic (exact) mass is 332 g/mol. The van der Waals surface area contributed by atoms with Crippen LogP contribution >= 0.6 is 0 Å². The van der Waals surface area contributed by atoms with Gasteiger partial charge in [0.25, 0.3) is 0 Å². The van der Waals surface area contributed by atoms with Gasteiger partial charge in [0, 0.05) is 19.3 Å². The van der Waals surface area contributed by atoms with Crippen LogP contribution in [0.4, 0.5) is 0 Å². The molecule has 1 saturated heterocycles. The average molecular weight is 332 g/mol. The minimum atomic E-state index is -0.267. The molecule has 1 amide bonds. The number of likely N-dealkylation sites (tertiary alicyclic amines) is 1. The van der Waals surface area contributed by atoms with Crippen LogP contribution in [0.3, 0.4) is 0 Å². The summed E-state index contributed by atoms with van der Waals surface area (Å²) in [5.41, 5.74) is 2.06. The lowest BCUT2D eigenvalue weighted by molar-refractivity contribution is -0.130. The topological polar surface area (TPSA) is 51.0 Å². The number of hydrogen-bond donors (Lipinski definition) is 0. The SMILES string of the molecule is O=C(C(c1ccccc1)c1ccccc1)N1CCC(n2ccnn2)C1. The molecule has 1 fully saturated rings. The van der Waals surface area contributed by atoms with E-state index >= 15 is 0 Å². The number of hydrogen-bond acceptors (Lipinski definition) is 3. The number of carbonyl (C=O) groups is 1. The van der Waals surface area contributed by atoms with E-state index in [2.05, 4.69) is 10.3 Å². The normalized spacial score (nSPS) is 17.2. The standard InChI is InChI=1S/C20H20N4O/c25-20(23-13-11-18(15-23)24-14-12-21-22-24)19(16-7-3-1-4-8-16)17-9-5-2-6-10-17/h1-10,12,14,18-19H,11,13,15H2. The summed E-state index contributed by atoms with van der Waals surface area (Å²) in [5.74, 6) is -0.114. The van der Waals surface area contributed by atoms with Gasteiger partial charge in [-0.15, -0.1) is 5.10 Å². The fraction of sp³-hybridized carbons (Fsp3) is 0.250. The molecule has 1 aromatic heterocycles. The van der Waals surface area contributed by atoms with Crippen LogP contribution in [0.2, 0.25) is 0 Å². The smallest absolute Gasteiger partial charge is 0.234 e. The second-order valence-corrected chi connectivity index (χ2v) is 6.36. The lowest BCUT2D eigenvalue weighted by atomic mass is 9.90. The maximum Gasteiger partial charge on any atom is 0.234 e. The quantitative estimate of drug-likeness (QED) is 0.738. The van der Waals surface area contributed by atoms with E-state index in [4.69, 9.17) is 0 Å². The van der Waals surface area contributed by atoms with Crippen LogP contribution in [0.25, 0.3) is 0 Å². The molecule has 1 unspecified atom stereocenters. The number of benzene rings is 2. The molecular weight excluding hydrogens is 312 g/mol. The van der Waals surface area contributed by atoms with Gasteiger partial charge in [-0.05, 0) is 17.5 Å². The van der Waals surface area contributed by atoms with Gasteiger partial charge < -0.3 is 4.90 Å². The Morgan fingerprint density at radius 1 is 1.00 bits per heavy atom. The maximum atomic E-state index is 13.3. The van der Waals surface area contributed by atoms with E-state index in [0.717, 1.165) is 24.1 Å². The van der Waals surface area contributed by atoms with Crippen molar-refractivity contribution in [1.82, 2.24) is 19.9 Å². The van der Waals surface area contributed by atoms with Crippen molar-refractivity contribution in [2.45, 2.75) is 18.4 Å². The van der Waals surface area contributed by atoms with Gasteiger partial charge in [-0.3, -0.25) is 4.79 Å².